The topological polar surface area (TPSA) is 131 Å². The zero-order chi connectivity index (χ0) is 27.5. The third-order valence-electron chi connectivity index (χ3n) is 5.43. The van der Waals surface area contributed by atoms with E-state index in [1.165, 1.54) is 11.0 Å². The average molecular weight is 503 g/mol. The zero-order valence-electron chi connectivity index (χ0n) is 22.4. The minimum absolute atomic E-state index is 0.0382. The van der Waals surface area contributed by atoms with Gasteiger partial charge >= 0.3 is 6.09 Å². The molecule has 0 aliphatic carbocycles. The van der Waals surface area contributed by atoms with E-state index in [9.17, 15) is 19.2 Å². The maximum absolute atomic E-state index is 13.9. The minimum Gasteiger partial charge on any atom is -0.444 e. The Hall–Kier alpha value is -3.36. The monoisotopic (exact) mass is 502 g/mol. The van der Waals surface area contributed by atoms with E-state index < -0.39 is 35.6 Å². The number of aryl methyl sites for hydroxylation is 1. The minimum atomic E-state index is -1.14. The second-order valence-electron chi connectivity index (χ2n) is 9.94. The van der Waals surface area contributed by atoms with Crippen molar-refractivity contribution in [3.05, 3.63) is 48.0 Å². The van der Waals surface area contributed by atoms with Gasteiger partial charge in [0.1, 0.15) is 17.7 Å². The molecule has 1 rings (SSSR count). The quantitative estimate of drug-likeness (QED) is 0.355. The van der Waals surface area contributed by atoms with Gasteiger partial charge in [-0.25, -0.2) is 4.79 Å². The molecule has 0 aliphatic rings. The van der Waals surface area contributed by atoms with Crippen LogP contribution in [0.25, 0.3) is 0 Å². The largest absolute Gasteiger partial charge is 0.444 e. The molecule has 36 heavy (non-hydrogen) atoms. The van der Waals surface area contributed by atoms with Gasteiger partial charge in [-0.1, -0.05) is 43.7 Å². The summed E-state index contributed by atoms with van der Waals surface area (Å²) in [5, 5.41) is 5.57. The standard InChI is InChI=1S/C27H42N4O5/c1-8-12-19(4)29-24(33)23(20-14-11-10-13-18(20)3)31(17-9-2)25(34)21(15-16-22(28)32)30-26(35)36-27(5,6)7/h9-11,13-14,19,21,23H,2,8,12,15-17H2,1,3-7H3,(H2,28,32)(H,29,33)(H,30,35). The number of hydrogen-bond acceptors (Lipinski definition) is 5. The number of carbonyl (C=O) groups excluding carboxylic acids is 4. The van der Waals surface area contributed by atoms with Crippen molar-refractivity contribution in [3.63, 3.8) is 0 Å². The Morgan fingerprint density at radius 1 is 1.14 bits per heavy atom. The lowest BCUT2D eigenvalue weighted by atomic mass is 9.97. The van der Waals surface area contributed by atoms with Crippen LogP contribution in [-0.2, 0) is 19.1 Å². The summed E-state index contributed by atoms with van der Waals surface area (Å²) in [5.74, 6) is -1.50. The lowest BCUT2D eigenvalue weighted by Crippen LogP contribution is -2.54. The van der Waals surface area contributed by atoms with Crippen LogP contribution in [-0.4, -0.2) is 52.9 Å². The predicted molar refractivity (Wildman–Crippen MR) is 140 cm³/mol. The molecule has 0 heterocycles. The number of alkyl carbamates (subject to hydrolysis) is 1. The first-order valence-electron chi connectivity index (χ1n) is 12.4. The van der Waals surface area contributed by atoms with E-state index in [4.69, 9.17) is 10.5 Å². The Bertz CT molecular complexity index is 925. The molecule has 3 unspecified atom stereocenters. The van der Waals surface area contributed by atoms with E-state index in [0.717, 1.165) is 18.4 Å². The highest BCUT2D eigenvalue weighted by atomic mass is 16.6. The summed E-state index contributed by atoms with van der Waals surface area (Å²) < 4.78 is 5.32. The first-order chi connectivity index (χ1) is 16.8. The third kappa shape index (κ3) is 10.1. The number of ether oxygens (including phenoxy) is 1. The van der Waals surface area contributed by atoms with Gasteiger partial charge in [-0.15, -0.1) is 6.58 Å². The van der Waals surface area contributed by atoms with Crippen LogP contribution < -0.4 is 16.4 Å². The molecule has 0 spiro atoms. The lowest BCUT2D eigenvalue weighted by Gasteiger charge is -2.35. The highest BCUT2D eigenvalue weighted by Gasteiger charge is 2.36. The molecule has 0 saturated heterocycles. The zero-order valence-corrected chi connectivity index (χ0v) is 22.4. The molecule has 3 atom stereocenters. The molecule has 0 bridgehead atoms. The van der Waals surface area contributed by atoms with Crippen molar-refractivity contribution in [1.29, 1.82) is 0 Å². The van der Waals surface area contributed by atoms with Crippen LogP contribution in [0.5, 0.6) is 0 Å². The highest BCUT2D eigenvalue weighted by Crippen LogP contribution is 2.26. The molecular weight excluding hydrogens is 460 g/mol. The number of hydrogen-bond donors (Lipinski definition) is 3. The molecule has 9 heteroatoms. The van der Waals surface area contributed by atoms with E-state index in [1.54, 1.807) is 32.9 Å². The highest BCUT2D eigenvalue weighted by molar-refractivity contribution is 5.92. The maximum Gasteiger partial charge on any atom is 0.408 e. The van der Waals surface area contributed by atoms with Crippen LogP contribution in [0.2, 0.25) is 0 Å². The molecule has 0 saturated carbocycles. The van der Waals surface area contributed by atoms with Crippen molar-refractivity contribution in [2.24, 2.45) is 5.73 Å². The molecule has 9 nitrogen and oxygen atoms in total. The number of benzene rings is 1. The predicted octanol–water partition coefficient (Wildman–Crippen LogP) is 3.51. The van der Waals surface area contributed by atoms with Crippen LogP contribution in [0.4, 0.5) is 4.79 Å². The maximum atomic E-state index is 13.9. The fourth-order valence-corrected chi connectivity index (χ4v) is 3.83. The summed E-state index contributed by atoms with van der Waals surface area (Å²) in [6.07, 6.45) is 2.20. The summed E-state index contributed by atoms with van der Waals surface area (Å²) in [5.41, 5.74) is 6.01. The van der Waals surface area contributed by atoms with Crippen molar-refractivity contribution >= 4 is 23.8 Å². The van der Waals surface area contributed by atoms with E-state index in [-0.39, 0.29) is 31.3 Å². The number of carbonyl (C=O) groups is 4. The number of primary amides is 1. The smallest absolute Gasteiger partial charge is 0.408 e. The van der Waals surface area contributed by atoms with Gasteiger partial charge in [-0.05, 0) is 58.6 Å². The fourth-order valence-electron chi connectivity index (χ4n) is 3.83. The van der Waals surface area contributed by atoms with Crippen molar-refractivity contribution in [2.75, 3.05) is 6.54 Å². The SMILES string of the molecule is C=CCN(C(=O)C(CCC(N)=O)NC(=O)OC(C)(C)C)C(C(=O)NC(C)CCC)c1ccccc1C. The molecule has 200 valence electrons. The fraction of sp³-hybridized carbons (Fsp3) is 0.556. The summed E-state index contributed by atoms with van der Waals surface area (Å²) in [6, 6.07) is 5.11. The van der Waals surface area contributed by atoms with Gasteiger partial charge in [0.05, 0.1) is 0 Å². The molecule has 4 N–H and O–H groups in total. The summed E-state index contributed by atoms with van der Waals surface area (Å²) in [6.45, 7) is 14.7. The van der Waals surface area contributed by atoms with Gasteiger partial charge < -0.3 is 26.0 Å². The molecule has 4 amide bonds. The van der Waals surface area contributed by atoms with Crippen LogP contribution in [0.1, 0.15) is 77.5 Å². The number of nitrogens with two attached hydrogens (primary N) is 1. The number of rotatable bonds is 13. The van der Waals surface area contributed by atoms with Crippen molar-refractivity contribution in [3.8, 4) is 0 Å². The molecule has 0 aromatic heterocycles. The average Bonchev–Trinajstić information content (AvgIpc) is 2.75. The second-order valence-corrected chi connectivity index (χ2v) is 9.94. The van der Waals surface area contributed by atoms with Crippen LogP contribution >= 0.6 is 0 Å². The summed E-state index contributed by atoms with van der Waals surface area (Å²) in [7, 11) is 0. The van der Waals surface area contributed by atoms with Crippen LogP contribution in [0.15, 0.2) is 36.9 Å². The molecule has 1 aromatic rings. The Labute approximate surface area is 214 Å². The molecular formula is C27H42N4O5. The first-order valence-corrected chi connectivity index (χ1v) is 12.4. The van der Waals surface area contributed by atoms with Crippen molar-refractivity contribution in [1.82, 2.24) is 15.5 Å². The number of amides is 4. The van der Waals surface area contributed by atoms with E-state index in [1.807, 2.05) is 32.9 Å². The van der Waals surface area contributed by atoms with Crippen LogP contribution in [0, 0.1) is 6.92 Å². The lowest BCUT2D eigenvalue weighted by molar-refractivity contribution is -0.142. The molecule has 1 aromatic carbocycles. The summed E-state index contributed by atoms with van der Waals surface area (Å²) in [4.78, 5) is 52.8. The van der Waals surface area contributed by atoms with E-state index in [2.05, 4.69) is 17.2 Å². The van der Waals surface area contributed by atoms with Crippen molar-refractivity contribution in [2.45, 2.75) is 91.0 Å². The van der Waals surface area contributed by atoms with Gasteiger partial charge in [0.2, 0.25) is 17.7 Å². The Morgan fingerprint density at radius 2 is 1.78 bits per heavy atom. The second kappa shape index (κ2) is 14.3. The Morgan fingerprint density at radius 3 is 2.31 bits per heavy atom. The summed E-state index contributed by atoms with van der Waals surface area (Å²) >= 11 is 0. The van der Waals surface area contributed by atoms with Gasteiger partial charge in [-0.3, -0.25) is 14.4 Å². The molecule has 0 fully saturated rings. The van der Waals surface area contributed by atoms with E-state index >= 15 is 0 Å². The van der Waals surface area contributed by atoms with Crippen molar-refractivity contribution < 1.29 is 23.9 Å². The van der Waals surface area contributed by atoms with Gasteiger partial charge in [0.15, 0.2) is 0 Å². The third-order valence-corrected chi connectivity index (χ3v) is 5.43. The molecule has 0 radical (unpaired) electrons. The van der Waals surface area contributed by atoms with Gasteiger partial charge in [0, 0.05) is 19.0 Å². The van der Waals surface area contributed by atoms with Gasteiger partial charge in [0.25, 0.3) is 0 Å². The first kappa shape index (κ1) is 30.7. The Kier molecular flexibility index (Phi) is 12.1. The number of nitrogens with zero attached hydrogens (tertiary/aromatic N) is 1. The van der Waals surface area contributed by atoms with E-state index in [0.29, 0.717) is 5.56 Å². The normalized spacial score (nSPS) is 13.6. The number of nitrogens with one attached hydrogen (secondary N) is 2. The van der Waals surface area contributed by atoms with Crippen LogP contribution in [0.3, 0.4) is 0 Å². The Balaban J connectivity index is 3.46. The molecule has 0 aliphatic heterocycles. The van der Waals surface area contributed by atoms with Gasteiger partial charge in [-0.2, -0.15) is 0 Å².